The molecule has 0 bridgehead atoms. The molecule has 4 rings (SSSR count). The minimum atomic E-state index is -4.43. The largest absolute Gasteiger partial charge is 0.475 e. The number of aromatic nitrogens is 1. The second kappa shape index (κ2) is 11.7. The topological polar surface area (TPSA) is 87.2 Å². The predicted molar refractivity (Wildman–Crippen MR) is 133 cm³/mol. The SMILES string of the molecule is Cc1cc(F)c(NC(=O)N2CCS[C@H](C(F)(F)F)C2)cc1-c1cc(OCCO)nc(N2CCOCC2)c1. The average Bonchev–Trinajstić information content (AvgIpc) is 2.89. The zero-order valence-corrected chi connectivity index (χ0v) is 21.0. The van der Waals surface area contributed by atoms with Crippen LogP contribution in [0.3, 0.4) is 0 Å². The van der Waals surface area contributed by atoms with Crippen molar-refractivity contribution in [3.8, 4) is 17.0 Å². The number of aryl methyl sites for hydroxylation is 1. The molecule has 13 heteroatoms. The summed E-state index contributed by atoms with van der Waals surface area (Å²) in [6.07, 6.45) is -4.43. The quantitative estimate of drug-likeness (QED) is 0.534. The summed E-state index contributed by atoms with van der Waals surface area (Å²) in [6.45, 7) is 3.48. The number of amides is 2. The Morgan fingerprint density at radius 2 is 2.00 bits per heavy atom. The van der Waals surface area contributed by atoms with E-state index in [1.807, 2.05) is 11.0 Å². The van der Waals surface area contributed by atoms with Crippen molar-refractivity contribution in [3.63, 3.8) is 0 Å². The van der Waals surface area contributed by atoms with Gasteiger partial charge >= 0.3 is 12.2 Å². The third-order valence-corrected chi connectivity index (χ3v) is 7.29. The summed E-state index contributed by atoms with van der Waals surface area (Å²) in [5, 5.41) is 9.93. The zero-order chi connectivity index (χ0) is 26.6. The molecular weight excluding hydrogens is 516 g/mol. The number of hydrogen-bond donors (Lipinski definition) is 2. The van der Waals surface area contributed by atoms with E-state index in [1.165, 1.54) is 12.1 Å². The highest BCUT2D eigenvalue weighted by atomic mass is 32.2. The van der Waals surface area contributed by atoms with Crippen LogP contribution in [-0.4, -0.2) is 90.8 Å². The molecule has 2 amide bonds. The summed E-state index contributed by atoms with van der Waals surface area (Å²) in [4.78, 5) is 20.3. The van der Waals surface area contributed by atoms with Crippen LogP contribution >= 0.6 is 11.8 Å². The minimum Gasteiger partial charge on any atom is -0.475 e. The number of alkyl halides is 3. The van der Waals surface area contributed by atoms with Crippen molar-refractivity contribution in [2.45, 2.75) is 18.3 Å². The number of aliphatic hydroxyl groups is 1. The zero-order valence-electron chi connectivity index (χ0n) is 20.2. The maximum atomic E-state index is 14.9. The Hall–Kier alpha value is -2.77. The van der Waals surface area contributed by atoms with Crippen molar-refractivity contribution in [1.29, 1.82) is 0 Å². The van der Waals surface area contributed by atoms with Gasteiger partial charge in [0, 0.05) is 38.0 Å². The van der Waals surface area contributed by atoms with Gasteiger partial charge in [-0.2, -0.15) is 18.2 Å². The van der Waals surface area contributed by atoms with Crippen LogP contribution in [0.1, 0.15) is 5.56 Å². The Morgan fingerprint density at radius 1 is 1.24 bits per heavy atom. The first-order valence-corrected chi connectivity index (χ1v) is 12.8. The van der Waals surface area contributed by atoms with Crippen molar-refractivity contribution < 1.29 is 36.9 Å². The highest BCUT2D eigenvalue weighted by molar-refractivity contribution is 8.00. The van der Waals surface area contributed by atoms with E-state index in [2.05, 4.69) is 10.3 Å². The molecule has 2 saturated heterocycles. The number of morpholine rings is 1. The fourth-order valence-electron chi connectivity index (χ4n) is 4.13. The number of pyridine rings is 1. The second-order valence-corrected chi connectivity index (χ2v) is 9.96. The van der Waals surface area contributed by atoms with Gasteiger partial charge in [-0.25, -0.2) is 9.18 Å². The normalized spacial score (nSPS) is 18.6. The lowest BCUT2D eigenvalue weighted by molar-refractivity contribution is -0.131. The van der Waals surface area contributed by atoms with Crippen LogP contribution in [0, 0.1) is 12.7 Å². The summed E-state index contributed by atoms with van der Waals surface area (Å²) < 4.78 is 65.3. The molecule has 37 heavy (non-hydrogen) atoms. The van der Waals surface area contributed by atoms with Gasteiger partial charge in [0.1, 0.15) is 23.5 Å². The van der Waals surface area contributed by atoms with E-state index >= 15 is 0 Å². The van der Waals surface area contributed by atoms with Gasteiger partial charge in [0.25, 0.3) is 0 Å². The van der Waals surface area contributed by atoms with Gasteiger partial charge in [0.15, 0.2) is 0 Å². The summed E-state index contributed by atoms with van der Waals surface area (Å²) in [5.41, 5.74) is 1.66. The van der Waals surface area contributed by atoms with E-state index in [4.69, 9.17) is 14.6 Å². The van der Waals surface area contributed by atoms with Crippen molar-refractivity contribution >= 4 is 29.3 Å². The van der Waals surface area contributed by atoms with Gasteiger partial charge in [-0.1, -0.05) is 0 Å². The van der Waals surface area contributed by atoms with Gasteiger partial charge < -0.3 is 29.7 Å². The Labute approximate surface area is 215 Å². The molecule has 2 N–H and O–H groups in total. The standard InChI is InChI=1S/C24H28F4N4O4S/c1-15-10-18(25)19(29-23(34)32-4-9-37-20(14-32)24(26,27)28)13-17(15)16-11-21(31-2-6-35-7-3-31)30-22(12-16)36-8-5-33/h10-13,20,33H,2-9,14H2,1H3,(H,29,34)/t20-/m0/s1. The Kier molecular flexibility index (Phi) is 8.65. The van der Waals surface area contributed by atoms with Gasteiger partial charge in [0.05, 0.1) is 25.5 Å². The van der Waals surface area contributed by atoms with E-state index in [0.29, 0.717) is 48.8 Å². The van der Waals surface area contributed by atoms with Crippen LogP contribution in [0.25, 0.3) is 11.1 Å². The number of halogens is 4. The van der Waals surface area contributed by atoms with Crippen LogP contribution < -0.4 is 15.0 Å². The van der Waals surface area contributed by atoms with Gasteiger partial charge in [-0.05, 0) is 41.8 Å². The molecule has 0 radical (unpaired) electrons. The molecule has 8 nitrogen and oxygen atoms in total. The predicted octanol–water partition coefficient (Wildman–Crippen LogP) is 3.92. The number of rotatable bonds is 6. The molecule has 2 aromatic rings. The lowest BCUT2D eigenvalue weighted by Gasteiger charge is -2.33. The highest BCUT2D eigenvalue weighted by Crippen LogP contribution is 2.35. The maximum absolute atomic E-state index is 14.9. The summed E-state index contributed by atoms with van der Waals surface area (Å²) >= 11 is 0.756. The number of thioether (sulfide) groups is 1. The number of nitrogens with zero attached hydrogens (tertiary/aromatic N) is 3. The highest BCUT2D eigenvalue weighted by Gasteiger charge is 2.43. The van der Waals surface area contributed by atoms with E-state index < -0.39 is 29.8 Å². The van der Waals surface area contributed by atoms with E-state index in [0.717, 1.165) is 16.7 Å². The molecule has 0 unspecified atom stereocenters. The third-order valence-electron chi connectivity index (χ3n) is 6.05. The van der Waals surface area contributed by atoms with Crippen LogP contribution in [0.2, 0.25) is 0 Å². The molecule has 202 valence electrons. The van der Waals surface area contributed by atoms with Crippen molar-refractivity contribution in [2.24, 2.45) is 0 Å². The Bertz CT molecular complexity index is 1110. The Morgan fingerprint density at radius 3 is 2.70 bits per heavy atom. The van der Waals surface area contributed by atoms with Gasteiger partial charge in [-0.15, -0.1) is 11.8 Å². The number of hydrogen-bond acceptors (Lipinski definition) is 7. The fraction of sp³-hybridized carbons (Fsp3) is 0.500. The number of nitrogens with one attached hydrogen (secondary N) is 1. The number of benzene rings is 1. The molecular formula is C24H28F4N4O4S. The summed E-state index contributed by atoms with van der Waals surface area (Å²) in [7, 11) is 0. The first-order chi connectivity index (χ1) is 17.7. The first kappa shape index (κ1) is 27.3. The van der Waals surface area contributed by atoms with Gasteiger partial charge in [-0.3, -0.25) is 0 Å². The Balaban J connectivity index is 1.62. The fourth-order valence-corrected chi connectivity index (χ4v) is 5.22. The van der Waals surface area contributed by atoms with E-state index in [-0.39, 0.29) is 37.1 Å². The molecule has 2 fully saturated rings. The molecule has 1 aromatic heterocycles. The molecule has 0 aliphatic carbocycles. The maximum Gasteiger partial charge on any atom is 0.402 e. The molecule has 2 aliphatic rings. The second-order valence-electron chi connectivity index (χ2n) is 8.65. The van der Waals surface area contributed by atoms with Crippen molar-refractivity contribution in [3.05, 3.63) is 35.6 Å². The van der Waals surface area contributed by atoms with Gasteiger partial charge in [0.2, 0.25) is 5.88 Å². The van der Waals surface area contributed by atoms with Crippen LogP contribution in [-0.2, 0) is 4.74 Å². The number of urea groups is 1. The molecule has 1 aromatic carbocycles. The lowest BCUT2D eigenvalue weighted by atomic mass is 10.00. The van der Waals surface area contributed by atoms with Crippen molar-refractivity contribution in [2.75, 3.05) is 68.6 Å². The molecule has 3 heterocycles. The summed E-state index contributed by atoms with van der Waals surface area (Å²) in [5.74, 6) is 0.322. The number of anilines is 2. The van der Waals surface area contributed by atoms with E-state index in [1.54, 1.807) is 13.0 Å². The molecule has 1 atom stereocenters. The van der Waals surface area contributed by atoms with Crippen LogP contribution in [0.5, 0.6) is 5.88 Å². The summed E-state index contributed by atoms with van der Waals surface area (Å²) in [6, 6.07) is 5.40. The van der Waals surface area contributed by atoms with Crippen LogP contribution in [0.4, 0.5) is 33.9 Å². The van der Waals surface area contributed by atoms with Crippen LogP contribution in [0.15, 0.2) is 24.3 Å². The number of ether oxygens (including phenoxy) is 2. The molecule has 2 aliphatic heterocycles. The molecule has 0 saturated carbocycles. The first-order valence-electron chi connectivity index (χ1n) is 11.8. The average molecular weight is 545 g/mol. The van der Waals surface area contributed by atoms with Crippen molar-refractivity contribution in [1.82, 2.24) is 9.88 Å². The number of carbonyl (C=O) groups excluding carboxylic acids is 1. The third kappa shape index (κ3) is 6.76. The number of aliphatic hydroxyl groups excluding tert-OH is 1. The molecule has 0 spiro atoms. The minimum absolute atomic E-state index is 0.0375. The smallest absolute Gasteiger partial charge is 0.402 e. The van der Waals surface area contributed by atoms with E-state index in [9.17, 15) is 22.4 Å². The number of carbonyl (C=O) groups is 1. The monoisotopic (exact) mass is 544 g/mol. The lowest BCUT2D eigenvalue weighted by Crippen LogP contribution is -2.48.